The number of hydrogen-bond acceptors (Lipinski definition) is 9. The number of nitrogens with two attached hydrogens (primary N) is 2. The molecule has 0 saturated heterocycles. The summed E-state index contributed by atoms with van der Waals surface area (Å²) in [6.07, 6.45) is 6.26. The van der Waals surface area contributed by atoms with E-state index in [2.05, 4.69) is 58.5 Å². The number of aromatic nitrogens is 3. The molecule has 2 unspecified atom stereocenters. The number of hydrogen-bond donors (Lipinski definition) is 7. The van der Waals surface area contributed by atoms with Gasteiger partial charge in [0, 0.05) is 61.5 Å². The number of aliphatic carboxylic acids is 2. The fraction of sp³-hybridized carbons (Fsp3) is 0.278. The minimum absolute atomic E-state index is 0.00283. The number of benzene rings is 3. The van der Waals surface area contributed by atoms with Gasteiger partial charge in [-0.25, -0.2) is 0 Å². The molecule has 6 rings (SSSR count). The van der Waals surface area contributed by atoms with Crippen molar-refractivity contribution in [2.24, 2.45) is 11.5 Å². The number of thioether (sulfide) groups is 3. The summed E-state index contributed by atoms with van der Waals surface area (Å²) in [5.74, 6) is -2.10. The second-order valence-corrected chi connectivity index (χ2v) is 14.5. The third-order valence-electron chi connectivity index (χ3n) is 8.39. The Hall–Kier alpha value is -4.41. The lowest BCUT2D eigenvalue weighted by Crippen LogP contribution is -2.32. The van der Waals surface area contributed by atoms with Crippen LogP contribution in [-0.4, -0.2) is 72.9 Å². The van der Waals surface area contributed by atoms with Crippen molar-refractivity contribution in [3.8, 4) is 0 Å². The molecule has 0 bridgehead atoms. The molecule has 9 N–H and O–H groups in total. The molecule has 0 aliphatic carbocycles. The largest absolute Gasteiger partial charge is 0.480 e. The highest BCUT2D eigenvalue weighted by molar-refractivity contribution is 7.99. The SMILES string of the molecule is CSc1ccc2[nH]c(C)c(CC(N)C(=O)O)c2c1.CSc1ccc2[nH]c(C)c(CC(N)C(=O)O)c2c1[N+](=O)[O-].CSc1ccc2[nH]c(C)cc2c1. The topological polar surface area (TPSA) is 217 Å². The molecular weight excluding hydrogens is 709 g/mol. The van der Waals surface area contributed by atoms with Gasteiger partial charge in [0.1, 0.15) is 12.1 Å². The van der Waals surface area contributed by atoms with E-state index in [1.807, 2.05) is 25.3 Å². The Morgan fingerprint density at radius 3 is 1.84 bits per heavy atom. The quantitative estimate of drug-likeness (QED) is 0.0415. The number of carboxylic acids is 2. The zero-order valence-corrected chi connectivity index (χ0v) is 31.6. The van der Waals surface area contributed by atoms with Crippen LogP contribution < -0.4 is 11.5 Å². The molecule has 3 aromatic heterocycles. The predicted molar refractivity (Wildman–Crippen MR) is 210 cm³/mol. The zero-order chi connectivity index (χ0) is 37.6. The first-order valence-corrected chi connectivity index (χ1v) is 19.4. The maximum atomic E-state index is 11.4. The van der Waals surface area contributed by atoms with Crippen LogP contribution in [-0.2, 0) is 22.4 Å². The number of nitro groups is 1. The fourth-order valence-corrected chi connectivity index (χ4v) is 7.26. The molecule has 3 heterocycles. The molecular formula is C36H42N6O6S3. The number of H-pyrrole nitrogens is 3. The van der Waals surface area contributed by atoms with Gasteiger partial charge in [0.25, 0.3) is 5.69 Å². The van der Waals surface area contributed by atoms with E-state index in [9.17, 15) is 19.7 Å². The van der Waals surface area contributed by atoms with Crippen LogP contribution in [0, 0.1) is 30.9 Å². The van der Waals surface area contributed by atoms with E-state index in [0.29, 0.717) is 33.5 Å². The third-order valence-corrected chi connectivity index (χ3v) is 10.6. The van der Waals surface area contributed by atoms with Crippen molar-refractivity contribution in [3.05, 3.63) is 92.9 Å². The molecule has 51 heavy (non-hydrogen) atoms. The van der Waals surface area contributed by atoms with Crippen molar-refractivity contribution in [3.63, 3.8) is 0 Å². The Bertz CT molecular complexity index is 2210. The van der Waals surface area contributed by atoms with E-state index >= 15 is 0 Å². The Morgan fingerprint density at radius 1 is 0.745 bits per heavy atom. The lowest BCUT2D eigenvalue weighted by molar-refractivity contribution is -0.385. The number of carboxylic acid groups (broad SMARTS) is 2. The molecule has 0 aliphatic heterocycles. The monoisotopic (exact) mass is 750 g/mol. The molecule has 0 amide bonds. The first-order chi connectivity index (χ1) is 24.2. The fourth-order valence-electron chi connectivity index (χ4n) is 5.80. The number of carbonyl (C=O) groups is 2. The Kier molecular flexibility index (Phi) is 13.3. The predicted octanol–water partition coefficient (Wildman–Crippen LogP) is 7.41. The van der Waals surface area contributed by atoms with Crippen molar-refractivity contribution in [1.29, 1.82) is 0 Å². The lowest BCUT2D eigenvalue weighted by atomic mass is 10.0. The van der Waals surface area contributed by atoms with E-state index in [0.717, 1.165) is 27.1 Å². The summed E-state index contributed by atoms with van der Waals surface area (Å²) in [4.78, 5) is 45.4. The molecule has 2 atom stereocenters. The van der Waals surface area contributed by atoms with Crippen molar-refractivity contribution in [1.82, 2.24) is 15.0 Å². The molecule has 3 aromatic carbocycles. The van der Waals surface area contributed by atoms with Crippen LogP contribution >= 0.6 is 35.3 Å². The van der Waals surface area contributed by atoms with Gasteiger partial charge in [-0.15, -0.1) is 35.3 Å². The summed E-state index contributed by atoms with van der Waals surface area (Å²) in [7, 11) is 0. The zero-order valence-electron chi connectivity index (χ0n) is 29.1. The van der Waals surface area contributed by atoms with E-state index < -0.39 is 28.9 Å². The van der Waals surface area contributed by atoms with Gasteiger partial charge in [-0.1, -0.05) is 0 Å². The Morgan fingerprint density at radius 2 is 1.27 bits per heavy atom. The van der Waals surface area contributed by atoms with Crippen LogP contribution in [0.4, 0.5) is 5.69 Å². The van der Waals surface area contributed by atoms with Crippen LogP contribution in [0.5, 0.6) is 0 Å². The van der Waals surface area contributed by atoms with E-state index in [-0.39, 0.29) is 12.1 Å². The van der Waals surface area contributed by atoms with Crippen LogP contribution in [0.25, 0.3) is 32.7 Å². The van der Waals surface area contributed by atoms with Gasteiger partial charge in [0.2, 0.25) is 0 Å². The Labute approximate surface area is 307 Å². The number of fused-ring (bicyclic) bond motifs is 3. The van der Waals surface area contributed by atoms with Gasteiger partial charge in [0.05, 0.1) is 20.7 Å². The highest BCUT2D eigenvalue weighted by atomic mass is 32.2. The van der Waals surface area contributed by atoms with E-state index in [1.165, 1.54) is 33.3 Å². The van der Waals surface area contributed by atoms with Gasteiger partial charge in [-0.05, 0) is 105 Å². The van der Waals surface area contributed by atoms with E-state index in [1.54, 1.807) is 48.8 Å². The van der Waals surface area contributed by atoms with Gasteiger partial charge in [-0.2, -0.15) is 0 Å². The number of aromatic amines is 3. The van der Waals surface area contributed by atoms with Gasteiger partial charge >= 0.3 is 11.9 Å². The highest BCUT2D eigenvalue weighted by Crippen LogP contribution is 2.38. The van der Waals surface area contributed by atoms with Crippen LogP contribution in [0.15, 0.2) is 69.3 Å². The van der Waals surface area contributed by atoms with Gasteiger partial charge < -0.3 is 36.6 Å². The van der Waals surface area contributed by atoms with Gasteiger partial charge in [-0.3, -0.25) is 19.7 Å². The normalized spacial score (nSPS) is 12.2. The summed E-state index contributed by atoms with van der Waals surface area (Å²) in [6, 6.07) is 16.3. The summed E-state index contributed by atoms with van der Waals surface area (Å²) in [5, 5.41) is 32.1. The van der Waals surface area contributed by atoms with Crippen LogP contribution in [0.1, 0.15) is 28.2 Å². The second-order valence-electron chi connectivity index (χ2n) is 11.9. The molecule has 0 aliphatic rings. The average Bonchev–Trinajstić information content (AvgIpc) is 3.74. The molecule has 270 valence electrons. The highest BCUT2D eigenvalue weighted by Gasteiger charge is 2.26. The number of nitrogens with one attached hydrogen (secondary N) is 3. The van der Waals surface area contributed by atoms with Crippen molar-refractivity contribution in [2.75, 3.05) is 18.8 Å². The summed E-state index contributed by atoms with van der Waals surface area (Å²) < 4.78 is 0. The number of rotatable bonds is 10. The number of aryl methyl sites for hydroxylation is 3. The van der Waals surface area contributed by atoms with Gasteiger partial charge in [0.15, 0.2) is 0 Å². The number of nitro benzene ring substituents is 1. The summed E-state index contributed by atoms with van der Waals surface area (Å²) in [6.45, 7) is 5.79. The van der Waals surface area contributed by atoms with Crippen molar-refractivity contribution < 1.29 is 24.7 Å². The standard InChI is InChI=1S/C13H15N3O4S.C13H16N2O2S.C10H11NS/c1-6-7(5-8(14)13(17)18)11-9(15-6)3-4-10(21-2)12(11)16(19)20;1-7-9(6-11(14)13(16)17)10-5-8(18-2)3-4-12(10)15-7;1-7-5-8-6-9(12-2)3-4-10(8)11-7/h3-4,8,15H,5,14H2,1-2H3,(H,17,18);3-5,11,15H,6,14H2,1-2H3,(H,16,17);3-6,11H,1-2H3. The average molecular weight is 751 g/mol. The maximum Gasteiger partial charge on any atom is 0.320 e. The number of nitrogens with zero attached hydrogens (tertiary/aromatic N) is 1. The van der Waals surface area contributed by atoms with Crippen molar-refractivity contribution >= 4 is 85.6 Å². The molecule has 0 radical (unpaired) electrons. The summed E-state index contributed by atoms with van der Waals surface area (Å²) >= 11 is 4.72. The van der Waals surface area contributed by atoms with Crippen LogP contribution in [0.2, 0.25) is 0 Å². The Balaban J connectivity index is 0.000000177. The van der Waals surface area contributed by atoms with Crippen molar-refractivity contribution in [2.45, 2.75) is 60.4 Å². The molecule has 0 saturated carbocycles. The first-order valence-electron chi connectivity index (χ1n) is 15.8. The molecule has 0 fully saturated rings. The maximum absolute atomic E-state index is 11.4. The molecule has 0 spiro atoms. The first kappa shape index (κ1) is 39.4. The minimum atomic E-state index is -1.13. The second kappa shape index (κ2) is 17.2. The molecule has 12 nitrogen and oxygen atoms in total. The van der Waals surface area contributed by atoms with E-state index in [4.69, 9.17) is 21.7 Å². The molecule has 15 heteroatoms. The van der Waals surface area contributed by atoms with Crippen LogP contribution in [0.3, 0.4) is 0 Å². The third kappa shape index (κ3) is 9.28. The smallest absolute Gasteiger partial charge is 0.320 e. The summed E-state index contributed by atoms with van der Waals surface area (Å²) in [5.41, 5.74) is 18.6. The lowest BCUT2D eigenvalue weighted by Gasteiger charge is -2.07. The minimum Gasteiger partial charge on any atom is -0.480 e. The molecule has 6 aromatic rings.